The van der Waals surface area contributed by atoms with Gasteiger partial charge in [-0.3, -0.25) is 0 Å². The molecule has 3 nitrogen and oxygen atoms in total. The highest BCUT2D eigenvalue weighted by molar-refractivity contribution is 5.49. The zero-order valence-corrected chi connectivity index (χ0v) is 12.5. The molecule has 0 unspecified atom stereocenters. The molecule has 0 heterocycles. The summed E-state index contributed by atoms with van der Waals surface area (Å²) in [5, 5.41) is 0. The van der Waals surface area contributed by atoms with Gasteiger partial charge in [-0.25, -0.2) is 0 Å². The van der Waals surface area contributed by atoms with E-state index in [1.54, 1.807) is 7.11 Å². The van der Waals surface area contributed by atoms with Gasteiger partial charge in [-0.15, -0.1) is 0 Å². The van der Waals surface area contributed by atoms with E-state index in [1.165, 1.54) is 0 Å². The van der Waals surface area contributed by atoms with Crippen LogP contribution < -0.4 is 15.2 Å². The minimum Gasteiger partial charge on any atom is -0.497 e. The van der Waals surface area contributed by atoms with Gasteiger partial charge >= 0.3 is 0 Å². The van der Waals surface area contributed by atoms with Crippen LogP contribution in [-0.4, -0.2) is 13.7 Å². The summed E-state index contributed by atoms with van der Waals surface area (Å²) < 4.78 is 11.0. The molecule has 0 bridgehead atoms. The number of benzene rings is 2. The van der Waals surface area contributed by atoms with E-state index in [-0.39, 0.29) is 6.04 Å². The minimum absolute atomic E-state index is 0.0796. The standard InChI is InChI=1S/C18H21NO2/c1-14(19)17-11-10-16(20-2)13-18(17)21-12-6-9-15-7-4-3-5-8-15/h3-11,13-14H,12,19H2,1-2H3/b9-6+/t14-/m1/s1. The van der Waals surface area contributed by atoms with Gasteiger partial charge in [0.2, 0.25) is 0 Å². The monoisotopic (exact) mass is 283 g/mol. The molecular formula is C18H21NO2. The van der Waals surface area contributed by atoms with Crippen LogP contribution >= 0.6 is 0 Å². The fourth-order valence-electron chi connectivity index (χ4n) is 2.03. The quantitative estimate of drug-likeness (QED) is 0.876. The molecule has 3 heteroatoms. The van der Waals surface area contributed by atoms with Crippen LogP contribution in [0, 0.1) is 0 Å². The number of methoxy groups -OCH3 is 1. The van der Waals surface area contributed by atoms with Crippen LogP contribution in [0.15, 0.2) is 54.6 Å². The van der Waals surface area contributed by atoms with Crippen molar-refractivity contribution in [2.45, 2.75) is 13.0 Å². The third kappa shape index (κ3) is 4.36. The maximum absolute atomic E-state index is 5.96. The topological polar surface area (TPSA) is 44.5 Å². The van der Waals surface area contributed by atoms with Crippen molar-refractivity contribution in [1.29, 1.82) is 0 Å². The van der Waals surface area contributed by atoms with E-state index < -0.39 is 0 Å². The van der Waals surface area contributed by atoms with E-state index in [1.807, 2.05) is 55.5 Å². The zero-order valence-electron chi connectivity index (χ0n) is 12.5. The Hall–Kier alpha value is -2.26. The number of hydrogen-bond acceptors (Lipinski definition) is 3. The zero-order chi connectivity index (χ0) is 15.1. The lowest BCUT2D eigenvalue weighted by Crippen LogP contribution is -2.08. The Morgan fingerprint density at radius 2 is 1.90 bits per heavy atom. The number of nitrogens with two attached hydrogens (primary N) is 1. The van der Waals surface area contributed by atoms with E-state index in [0.717, 1.165) is 22.6 Å². The molecule has 1 atom stereocenters. The van der Waals surface area contributed by atoms with Crippen LogP contribution in [0.25, 0.3) is 6.08 Å². The summed E-state index contributed by atoms with van der Waals surface area (Å²) in [6.07, 6.45) is 4.02. The predicted octanol–water partition coefficient (Wildman–Crippen LogP) is 3.81. The molecule has 2 rings (SSSR count). The van der Waals surface area contributed by atoms with Crippen LogP contribution in [0.1, 0.15) is 24.1 Å². The van der Waals surface area contributed by atoms with Gasteiger partial charge in [-0.2, -0.15) is 0 Å². The maximum atomic E-state index is 5.96. The lowest BCUT2D eigenvalue weighted by Gasteiger charge is -2.14. The molecule has 0 aliphatic carbocycles. The van der Waals surface area contributed by atoms with E-state index in [2.05, 4.69) is 12.1 Å². The van der Waals surface area contributed by atoms with Crippen molar-refractivity contribution in [3.8, 4) is 11.5 Å². The number of rotatable bonds is 6. The third-order valence-corrected chi connectivity index (χ3v) is 3.16. The maximum Gasteiger partial charge on any atom is 0.128 e. The van der Waals surface area contributed by atoms with Crippen molar-refractivity contribution in [1.82, 2.24) is 0 Å². The molecule has 0 fully saturated rings. The van der Waals surface area contributed by atoms with E-state index in [0.29, 0.717) is 6.61 Å². The molecule has 0 aliphatic rings. The smallest absolute Gasteiger partial charge is 0.128 e. The number of ether oxygens (including phenoxy) is 2. The normalized spacial score (nSPS) is 12.3. The Kier molecular flexibility index (Phi) is 5.41. The summed E-state index contributed by atoms with van der Waals surface area (Å²) in [6, 6.07) is 15.8. The van der Waals surface area contributed by atoms with Crippen molar-refractivity contribution < 1.29 is 9.47 Å². The van der Waals surface area contributed by atoms with Crippen LogP contribution in [-0.2, 0) is 0 Å². The molecular weight excluding hydrogens is 262 g/mol. The Labute approximate surface area is 126 Å². The van der Waals surface area contributed by atoms with Crippen LogP contribution in [0.4, 0.5) is 0 Å². The van der Waals surface area contributed by atoms with Crippen molar-refractivity contribution in [3.63, 3.8) is 0 Å². The SMILES string of the molecule is COc1ccc([C@@H](C)N)c(OC/C=C/c2ccccc2)c1. The Morgan fingerprint density at radius 1 is 1.14 bits per heavy atom. The summed E-state index contributed by atoms with van der Waals surface area (Å²) in [6.45, 7) is 2.43. The predicted molar refractivity (Wildman–Crippen MR) is 86.6 cm³/mol. The second kappa shape index (κ2) is 7.50. The van der Waals surface area contributed by atoms with Crippen molar-refractivity contribution >= 4 is 6.08 Å². The molecule has 0 saturated heterocycles. The first-order chi connectivity index (χ1) is 10.2. The molecule has 0 spiro atoms. The highest BCUT2D eigenvalue weighted by Crippen LogP contribution is 2.28. The van der Waals surface area contributed by atoms with Crippen molar-refractivity contribution in [3.05, 3.63) is 65.7 Å². The summed E-state index contributed by atoms with van der Waals surface area (Å²) in [7, 11) is 1.64. The highest BCUT2D eigenvalue weighted by atomic mass is 16.5. The van der Waals surface area contributed by atoms with Gasteiger partial charge in [0.25, 0.3) is 0 Å². The highest BCUT2D eigenvalue weighted by Gasteiger charge is 2.09. The fourth-order valence-corrected chi connectivity index (χ4v) is 2.03. The van der Waals surface area contributed by atoms with Crippen LogP contribution in [0.2, 0.25) is 0 Å². The molecule has 0 aromatic heterocycles. The summed E-state index contributed by atoms with van der Waals surface area (Å²) in [5.74, 6) is 1.53. The van der Waals surface area contributed by atoms with E-state index >= 15 is 0 Å². The largest absolute Gasteiger partial charge is 0.497 e. The van der Waals surface area contributed by atoms with Gasteiger partial charge in [0.15, 0.2) is 0 Å². The molecule has 0 saturated carbocycles. The van der Waals surface area contributed by atoms with E-state index in [9.17, 15) is 0 Å². The van der Waals surface area contributed by atoms with Crippen LogP contribution in [0.5, 0.6) is 11.5 Å². The first-order valence-corrected chi connectivity index (χ1v) is 6.98. The molecule has 2 N–H and O–H groups in total. The summed E-state index contributed by atoms with van der Waals surface area (Å²) in [5.41, 5.74) is 8.09. The summed E-state index contributed by atoms with van der Waals surface area (Å²) >= 11 is 0. The Balaban J connectivity index is 2.03. The fraction of sp³-hybridized carbons (Fsp3) is 0.222. The summed E-state index contributed by atoms with van der Waals surface area (Å²) in [4.78, 5) is 0. The van der Waals surface area contributed by atoms with Gasteiger partial charge in [0, 0.05) is 17.7 Å². The molecule has 21 heavy (non-hydrogen) atoms. The average Bonchev–Trinajstić information content (AvgIpc) is 2.52. The van der Waals surface area contributed by atoms with Gasteiger partial charge in [-0.05, 0) is 24.6 Å². The molecule has 2 aromatic carbocycles. The second-order valence-corrected chi connectivity index (χ2v) is 4.82. The first-order valence-electron chi connectivity index (χ1n) is 6.98. The minimum atomic E-state index is -0.0796. The molecule has 2 aromatic rings. The Bertz CT molecular complexity index is 591. The van der Waals surface area contributed by atoms with Crippen LogP contribution in [0.3, 0.4) is 0 Å². The van der Waals surface area contributed by atoms with Crippen molar-refractivity contribution in [2.24, 2.45) is 5.73 Å². The second-order valence-electron chi connectivity index (χ2n) is 4.82. The third-order valence-electron chi connectivity index (χ3n) is 3.16. The lowest BCUT2D eigenvalue weighted by molar-refractivity contribution is 0.351. The molecule has 0 radical (unpaired) electrons. The van der Waals surface area contributed by atoms with Gasteiger partial charge in [0.05, 0.1) is 7.11 Å². The Morgan fingerprint density at radius 3 is 2.57 bits per heavy atom. The lowest BCUT2D eigenvalue weighted by atomic mass is 10.1. The number of hydrogen-bond donors (Lipinski definition) is 1. The molecule has 110 valence electrons. The average molecular weight is 283 g/mol. The van der Waals surface area contributed by atoms with Gasteiger partial charge in [0.1, 0.15) is 18.1 Å². The molecule has 0 aliphatic heterocycles. The first kappa shape index (κ1) is 15.1. The van der Waals surface area contributed by atoms with Gasteiger partial charge < -0.3 is 15.2 Å². The molecule has 0 amide bonds. The van der Waals surface area contributed by atoms with E-state index in [4.69, 9.17) is 15.2 Å². The van der Waals surface area contributed by atoms with Gasteiger partial charge in [-0.1, -0.05) is 42.5 Å². The van der Waals surface area contributed by atoms with Crippen molar-refractivity contribution in [2.75, 3.05) is 13.7 Å².